The van der Waals surface area contributed by atoms with E-state index in [1.165, 1.54) is 51.7 Å². The minimum absolute atomic E-state index is 0.0519. The van der Waals surface area contributed by atoms with Crippen molar-refractivity contribution in [3.05, 3.63) is 168 Å². The first-order valence-electron chi connectivity index (χ1n) is 16.3. The number of benzene rings is 5. The first-order chi connectivity index (χ1) is 22.4. The molecule has 6 rings (SSSR count). The molecule has 5 aromatic rings. The van der Waals surface area contributed by atoms with Gasteiger partial charge in [-0.2, -0.15) is 0 Å². The maximum atomic E-state index is 4.50. The largest absolute Gasteiger partial charge is 0.333 e. The summed E-state index contributed by atoms with van der Waals surface area (Å²) >= 11 is 0. The van der Waals surface area contributed by atoms with Gasteiger partial charge in [-0.1, -0.05) is 137 Å². The summed E-state index contributed by atoms with van der Waals surface area (Å²) in [5, 5.41) is 0. The number of rotatable bonds is 7. The second kappa shape index (κ2) is 15.4. The van der Waals surface area contributed by atoms with Crippen LogP contribution in [0.25, 0.3) is 27.8 Å². The van der Waals surface area contributed by atoms with Gasteiger partial charge in [0.05, 0.1) is 0 Å². The fourth-order valence-electron chi connectivity index (χ4n) is 6.19. The van der Waals surface area contributed by atoms with E-state index in [9.17, 15) is 0 Å². The molecule has 0 bridgehead atoms. The van der Waals surface area contributed by atoms with Crippen molar-refractivity contribution in [2.24, 2.45) is 5.73 Å². The third-order valence-corrected chi connectivity index (χ3v) is 8.45. The Labute approximate surface area is 277 Å². The number of nitrogens with two attached hydrogens (primary N) is 1. The monoisotopic (exact) mass is 604 g/mol. The van der Waals surface area contributed by atoms with Crippen molar-refractivity contribution in [2.45, 2.75) is 47.0 Å². The van der Waals surface area contributed by atoms with E-state index in [0.717, 1.165) is 22.5 Å². The highest BCUT2D eigenvalue weighted by Crippen LogP contribution is 2.50. The Hall–Kier alpha value is -4.92. The number of allylic oxidation sites excluding steroid dienone is 5. The Morgan fingerprint density at radius 2 is 1.26 bits per heavy atom. The van der Waals surface area contributed by atoms with E-state index in [4.69, 9.17) is 0 Å². The molecule has 0 aromatic heterocycles. The van der Waals surface area contributed by atoms with Gasteiger partial charge in [-0.05, 0) is 107 Å². The van der Waals surface area contributed by atoms with Gasteiger partial charge >= 0.3 is 0 Å². The molecule has 0 unspecified atom stereocenters. The summed E-state index contributed by atoms with van der Waals surface area (Å²) in [5.41, 5.74) is 19.3. The molecule has 0 fully saturated rings. The number of fused-ring (bicyclic) bond motifs is 3. The maximum absolute atomic E-state index is 4.50. The molecule has 46 heavy (non-hydrogen) atoms. The molecule has 0 radical (unpaired) electrons. The SMILES string of the molecule is C=C/C(=C\C=C/C)c1ccc(-c2ccc(N(c3cccc(C)c3)c3ccc4c(c3)C(C)(C)c3ccccc3-4)cc2)cc1.CC.CN. The third-order valence-electron chi connectivity index (χ3n) is 8.45. The van der Waals surface area contributed by atoms with Crippen molar-refractivity contribution >= 4 is 22.6 Å². The molecule has 0 atom stereocenters. The van der Waals surface area contributed by atoms with E-state index in [1.807, 2.05) is 39.0 Å². The van der Waals surface area contributed by atoms with Crippen molar-refractivity contribution < 1.29 is 0 Å². The Kier molecular flexibility index (Phi) is 11.4. The number of nitrogens with zero attached hydrogens (tertiary/aromatic N) is 1. The van der Waals surface area contributed by atoms with Crippen LogP contribution in [0, 0.1) is 6.92 Å². The molecule has 234 valence electrons. The molecule has 0 saturated heterocycles. The van der Waals surface area contributed by atoms with E-state index in [0.29, 0.717) is 0 Å². The van der Waals surface area contributed by atoms with Crippen molar-refractivity contribution in [3.63, 3.8) is 0 Å². The fourth-order valence-corrected chi connectivity index (χ4v) is 6.19. The van der Waals surface area contributed by atoms with Gasteiger partial charge in [0.15, 0.2) is 0 Å². The highest BCUT2D eigenvalue weighted by Gasteiger charge is 2.35. The van der Waals surface area contributed by atoms with Crippen LogP contribution in [0.3, 0.4) is 0 Å². The summed E-state index contributed by atoms with van der Waals surface area (Å²) in [4.78, 5) is 2.38. The van der Waals surface area contributed by atoms with Gasteiger partial charge in [-0.3, -0.25) is 0 Å². The third kappa shape index (κ3) is 6.83. The van der Waals surface area contributed by atoms with Crippen LogP contribution in [-0.4, -0.2) is 7.05 Å². The Morgan fingerprint density at radius 3 is 1.89 bits per heavy atom. The average Bonchev–Trinajstić information content (AvgIpc) is 3.33. The van der Waals surface area contributed by atoms with Crippen molar-refractivity contribution in [2.75, 3.05) is 11.9 Å². The van der Waals surface area contributed by atoms with Gasteiger partial charge < -0.3 is 10.6 Å². The predicted molar refractivity (Wildman–Crippen MR) is 203 cm³/mol. The van der Waals surface area contributed by atoms with Gasteiger partial charge in [0.25, 0.3) is 0 Å². The zero-order valence-corrected chi connectivity index (χ0v) is 28.5. The summed E-state index contributed by atoms with van der Waals surface area (Å²) in [7, 11) is 1.50. The lowest BCUT2D eigenvalue weighted by Gasteiger charge is -2.28. The van der Waals surface area contributed by atoms with Crippen LogP contribution in [0.15, 0.2) is 146 Å². The summed E-state index contributed by atoms with van der Waals surface area (Å²) in [6, 6.07) is 42.2. The second-order valence-electron chi connectivity index (χ2n) is 11.6. The molecule has 0 aliphatic heterocycles. The van der Waals surface area contributed by atoms with Gasteiger partial charge in [-0.25, -0.2) is 0 Å². The molecule has 1 aliphatic rings. The maximum Gasteiger partial charge on any atom is 0.0465 e. The minimum atomic E-state index is -0.0519. The molecule has 2 nitrogen and oxygen atoms in total. The Bertz CT molecular complexity index is 1820. The van der Waals surface area contributed by atoms with E-state index < -0.39 is 0 Å². The number of aryl methyl sites for hydroxylation is 1. The normalized spacial score (nSPS) is 12.7. The highest BCUT2D eigenvalue weighted by molar-refractivity contribution is 5.86. The van der Waals surface area contributed by atoms with Crippen LogP contribution in [0.5, 0.6) is 0 Å². The van der Waals surface area contributed by atoms with Gasteiger partial charge in [-0.15, -0.1) is 0 Å². The molecule has 0 amide bonds. The van der Waals surface area contributed by atoms with Crippen LogP contribution in [0.2, 0.25) is 0 Å². The molecular formula is C44H48N2. The summed E-state index contributed by atoms with van der Waals surface area (Å²) in [6.45, 7) is 16.8. The molecule has 5 aromatic carbocycles. The number of hydrogen-bond acceptors (Lipinski definition) is 2. The lowest BCUT2D eigenvalue weighted by atomic mass is 9.82. The zero-order valence-electron chi connectivity index (χ0n) is 28.5. The van der Waals surface area contributed by atoms with Crippen LogP contribution < -0.4 is 10.6 Å². The summed E-state index contributed by atoms with van der Waals surface area (Å²) in [6.07, 6.45) is 8.07. The highest BCUT2D eigenvalue weighted by atomic mass is 15.1. The first kappa shape index (κ1) is 34.0. The fraction of sp³-hybridized carbons (Fsp3) is 0.182. The van der Waals surface area contributed by atoms with Crippen LogP contribution in [0.1, 0.15) is 56.9 Å². The van der Waals surface area contributed by atoms with E-state index in [1.54, 1.807) is 0 Å². The molecule has 1 aliphatic carbocycles. The summed E-state index contributed by atoms with van der Waals surface area (Å²) < 4.78 is 0. The molecule has 0 spiro atoms. The predicted octanol–water partition coefficient (Wildman–Crippen LogP) is 12.2. The summed E-state index contributed by atoms with van der Waals surface area (Å²) in [5.74, 6) is 0. The van der Waals surface area contributed by atoms with Gasteiger partial charge in [0.1, 0.15) is 0 Å². The van der Waals surface area contributed by atoms with Crippen LogP contribution in [0.4, 0.5) is 17.1 Å². The second-order valence-corrected chi connectivity index (χ2v) is 11.6. The van der Waals surface area contributed by atoms with Crippen molar-refractivity contribution in [1.82, 2.24) is 0 Å². The van der Waals surface area contributed by atoms with Gasteiger partial charge in [0, 0.05) is 22.5 Å². The van der Waals surface area contributed by atoms with E-state index in [2.05, 4.69) is 159 Å². The Balaban J connectivity index is 0.00000116. The van der Waals surface area contributed by atoms with E-state index >= 15 is 0 Å². The van der Waals surface area contributed by atoms with Crippen LogP contribution >= 0.6 is 0 Å². The minimum Gasteiger partial charge on any atom is -0.333 e. The molecule has 0 heterocycles. The Morgan fingerprint density at radius 1 is 0.674 bits per heavy atom. The molecule has 2 heteroatoms. The molecule has 0 saturated carbocycles. The van der Waals surface area contributed by atoms with Crippen molar-refractivity contribution in [1.29, 1.82) is 0 Å². The van der Waals surface area contributed by atoms with E-state index in [-0.39, 0.29) is 5.41 Å². The zero-order chi connectivity index (χ0) is 33.3. The van der Waals surface area contributed by atoms with Gasteiger partial charge in [0.2, 0.25) is 0 Å². The smallest absolute Gasteiger partial charge is 0.0465 e. The standard InChI is InChI=1S/C41H37N.C2H6.CH5N/c1-6-8-13-30(7-2)31-17-19-32(20-18-31)33-21-23-34(24-22-33)42(35-14-11-12-29(3)27-35)36-25-26-38-37-15-9-10-16-39(37)41(4,5)40(38)28-36;2*1-2/h6-28H,2H2,1,3-5H3;1-2H3;2H2,1H3/b8-6-,30-13+;;. The average molecular weight is 605 g/mol. The van der Waals surface area contributed by atoms with Crippen molar-refractivity contribution in [3.8, 4) is 22.3 Å². The van der Waals surface area contributed by atoms with Crippen LogP contribution in [-0.2, 0) is 5.41 Å². The topological polar surface area (TPSA) is 29.3 Å². The first-order valence-corrected chi connectivity index (χ1v) is 16.3. The lowest BCUT2D eigenvalue weighted by molar-refractivity contribution is 0.660. The lowest BCUT2D eigenvalue weighted by Crippen LogP contribution is -2.16. The molecule has 2 N–H and O–H groups in total. The number of anilines is 3. The quantitative estimate of drug-likeness (QED) is 0.187. The number of hydrogen-bond donors (Lipinski definition) is 1. The molecular weight excluding hydrogens is 556 g/mol.